The maximum absolute atomic E-state index is 8.63. The van der Waals surface area contributed by atoms with E-state index in [0.717, 1.165) is 30.8 Å². The number of nitrogens with zero attached hydrogens (tertiary/aromatic N) is 1. The summed E-state index contributed by atoms with van der Waals surface area (Å²) in [6.45, 7) is 1.49. The minimum atomic E-state index is 0.0795. The van der Waals surface area contributed by atoms with E-state index in [-0.39, 0.29) is 6.61 Å². The van der Waals surface area contributed by atoms with E-state index in [9.17, 15) is 0 Å². The highest BCUT2D eigenvalue weighted by Gasteiger charge is 1.96. The lowest BCUT2D eigenvalue weighted by Gasteiger charge is -2.05. The zero-order valence-corrected chi connectivity index (χ0v) is 10.7. The van der Waals surface area contributed by atoms with Crippen molar-refractivity contribution >= 4 is 0 Å². The molecule has 0 radical (unpaired) electrons. The van der Waals surface area contributed by atoms with Gasteiger partial charge in [0, 0.05) is 31.9 Å². The van der Waals surface area contributed by atoms with E-state index >= 15 is 0 Å². The molecule has 0 aliphatic carbocycles. The SMILES string of the molecule is COCCCCOc1cncc(C#CCCO)c1. The highest BCUT2D eigenvalue weighted by molar-refractivity contribution is 5.36. The van der Waals surface area contributed by atoms with Crippen LogP contribution in [-0.4, -0.2) is 37.0 Å². The molecule has 0 saturated carbocycles. The Bertz CT molecular complexity index is 396. The number of rotatable bonds is 7. The molecule has 1 N–H and O–H groups in total. The number of hydrogen-bond acceptors (Lipinski definition) is 4. The number of aliphatic hydroxyl groups excluding tert-OH is 1. The summed E-state index contributed by atoms with van der Waals surface area (Å²) in [6, 6.07) is 1.85. The number of unbranched alkanes of at least 4 members (excludes halogenated alkanes) is 1. The van der Waals surface area contributed by atoms with Gasteiger partial charge in [-0.2, -0.15) is 0 Å². The van der Waals surface area contributed by atoms with Gasteiger partial charge in [-0.25, -0.2) is 0 Å². The zero-order valence-electron chi connectivity index (χ0n) is 10.7. The number of ether oxygens (including phenoxy) is 2. The third-order valence-electron chi connectivity index (χ3n) is 2.19. The van der Waals surface area contributed by atoms with Gasteiger partial charge in [0.2, 0.25) is 0 Å². The molecule has 4 heteroatoms. The molecule has 1 aromatic rings. The maximum atomic E-state index is 8.63. The molecule has 0 unspecified atom stereocenters. The van der Waals surface area contributed by atoms with Gasteiger partial charge >= 0.3 is 0 Å². The first-order valence-electron chi connectivity index (χ1n) is 6.03. The minimum absolute atomic E-state index is 0.0795. The van der Waals surface area contributed by atoms with E-state index in [1.807, 2.05) is 6.07 Å². The molecule has 0 aliphatic rings. The molecule has 1 heterocycles. The Morgan fingerprint density at radius 1 is 1.28 bits per heavy atom. The molecule has 0 spiro atoms. The van der Waals surface area contributed by atoms with Crippen LogP contribution >= 0.6 is 0 Å². The van der Waals surface area contributed by atoms with Gasteiger partial charge in [0.25, 0.3) is 0 Å². The van der Waals surface area contributed by atoms with E-state index in [0.29, 0.717) is 13.0 Å². The fourth-order valence-electron chi connectivity index (χ4n) is 1.33. The van der Waals surface area contributed by atoms with Crippen LogP contribution in [0.4, 0.5) is 0 Å². The summed E-state index contributed by atoms with van der Waals surface area (Å²) in [5.41, 5.74) is 0.804. The van der Waals surface area contributed by atoms with Crippen molar-refractivity contribution in [2.45, 2.75) is 19.3 Å². The van der Waals surface area contributed by atoms with Crippen molar-refractivity contribution in [2.24, 2.45) is 0 Å². The molecule has 0 atom stereocenters. The minimum Gasteiger partial charge on any atom is -0.492 e. The van der Waals surface area contributed by atoms with Crippen LogP contribution in [0, 0.1) is 11.8 Å². The van der Waals surface area contributed by atoms with Crippen LogP contribution in [0.2, 0.25) is 0 Å². The summed E-state index contributed by atoms with van der Waals surface area (Å²) in [6.07, 6.45) is 5.77. The largest absolute Gasteiger partial charge is 0.492 e. The summed E-state index contributed by atoms with van der Waals surface area (Å²) >= 11 is 0. The van der Waals surface area contributed by atoms with Crippen molar-refractivity contribution in [3.05, 3.63) is 24.0 Å². The topological polar surface area (TPSA) is 51.6 Å². The quantitative estimate of drug-likeness (QED) is 0.589. The first-order chi connectivity index (χ1) is 8.86. The summed E-state index contributed by atoms with van der Waals surface area (Å²) in [4.78, 5) is 4.06. The van der Waals surface area contributed by atoms with Crippen LogP contribution in [0.1, 0.15) is 24.8 Å². The van der Waals surface area contributed by atoms with Gasteiger partial charge in [-0.05, 0) is 18.9 Å². The molecule has 0 aliphatic heterocycles. The Morgan fingerprint density at radius 2 is 2.11 bits per heavy atom. The van der Waals surface area contributed by atoms with Gasteiger partial charge in [-0.3, -0.25) is 4.98 Å². The predicted molar refractivity (Wildman–Crippen MR) is 69.4 cm³/mol. The highest BCUT2D eigenvalue weighted by Crippen LogP contribution is 2.10. The van der Waals surface area contributed by atoms with Crippen LogP contribution in [0.25, 0.3) is 0 Å². The van der Waals surface area contributed by atoms with Gasteiger partial charge < -0.3 is 14.6 Å². The second-order valence-corrected chi connectivity index (χ2v) is 3.73. The Balaban J connectivity index is 2.38. The highest BCUT2D eigenvalue weighted by atomic mass is 16.5. The van der Waals surface area contributed by atoms with Crippen molar-refractivity contribution in [2.75, 3.05) is 26.9 Å². The number of aromatic nitrogens is 1. The summed E-state index contributed by atoms with van der Waals surface area (Å²) in [5.74, 6) is 6.50. The van der Waals surface area contributed by atoms with Crippen molar-refractivity contribution in [1.29, 1.82) is 0 Å². The molecule has 0 fully saturated rings. The summed E-state index contributed by atoms with van der Waals surface area (Å²) < 4.78 is 10.5. The standard InChI is InChI=1S/C14H19NO3/c1-17-8-4-5-9-18-14-10-13(11-15-12-14)6-2-3-7-16/h10-12,16H,3-5,7-9H2,1H3. The van der Waals surface area contributed by atoms with E-state index in [1.54, 1.807) is 19.5 Å². The lowest BCUT2D eigenvalue weighted by Crippen LogP contribution is -2.00. The summed E-state index contributed by atoms with van der Waals surface area (Å²) in [5, 5.41) is 8.63. The lowest BCUT2D eigenvalue weighted by molar-refractivity contribution is 0.184. The molecular weight excluding hydrogens is 230 g/mol. The number of aliphatic hydroxyl groups is 1. The van der Waals surface area contributed by atoms with Gasteiger partial charge in [0.05, 0.1) is 19.4 Å². The lowest BCUT2D eigenvalue weighted by atomic mass is 10.2. The third-order valence-corrected chi connectivity index (χ3v) is 2.19. The number of pyridine rings is 1. The van der Waals surface area contributed by atoms with Crippen LogP contribution in [0.3, 0.4) is 0 Å². The average Bonchev–Trinajstić information content (AvgIpc) is 2.39. The van der Waals surface area contributed by atoms with Gasteiger partial charge in [0.15, 0.2) is 0 Å². The smallest absolute Gasteiger partial charge is 0.138 e. The third kappa shape index (κ3) is 6.24. The Labute approximate surface area is 108 Å². The average molecular weight is 249 g/mol. The molecule has 0 amide bonds. The molecular formula is C14H19NO3. The Kier molecular flexibility index (Phi) is 7.61. The Hall–Kier alpha value is -1.57. The molecule has 98 valence electrons. The second kappa shape index (κ2) is 9.46. The van der Waals surface area contributed by atoms with Gasteiger partial charge in [0.1, 0.15) is 5.75 Å². The normalized spacial score (nSPS) is 9.67. The van der Waals surface area contributed by atoms with Crippen LogP contribution in [0.5, 0.6) is 5.75 Å². The Morgan fingerprint density at radius 3 is 2.89 bits per heavy atom. The van der Waals surface area contributed by atoms with Crippen molar-refractivity contribution in [3.8, 4) is 17.6 Å². The maximum Gasteiger partial charge on any atom is 0.138 e. The fourth-order valence-corrected chi connectivity index (χ4v) is 1.33. The van der Waals surface area contributed by atoms with E-state index in [4.69, 9.17) is 14.6 Å². The van der Waals surface area contributed by atoms with Crippen molar-refractivity contribution in [3.63, 3.8) is 0 Å². The zero-order chi connectivity index (χ0) is 13.1. The molecule has 0 bridgehead atoms. The van der Waals surface area contributed by atoms with Crippen LogP contribution in [-0.2, 0) is 4.74 Å². The predicted octanol–water partition coefficient (Wildman–Crippen LogP) is 1.62. The van der Waals surface area contributed by atoms with Gasteiger partial charge in [-0.15, -0.1) is 0 Å². The van der Waals surface area contributed by atoms with E-state index in [1.165, 1.54) is 0 Å². The molecule has 4 nitrogen and oxygen atoms in total. The molecule has 1 aromatic heterocycles. The molecule has 1 rings (SSSR count). The van der Waals surface area contributed by atoms with E-state index < -0.39 is 0 Å². The van der Waals surface area contributed by atoms with Crippen molar-refractivity contribution in [1.82, 2.24) is 4.98 Å². The molecule has 18 heavy (non-hydrogen) atoms. The first-order valence-corrected chi connectivity index (χ1v) is 6.03. The van der Waals surface area contributed by atoms with Crippen LogP contribution in [0.15, 0.2) is 18.5 Å². The molecule has 0 saturated heterocycles. The fraction of sp³-hybridized carbons (Fsp3) is 0.500. The van der Waals surface area contributed by atoms with Crippen LogP contribution < -0.4 is 4.74 Å². The van der Waals surface area contributed by atoms with Crippen molar-refractivity contribution < 1.29 is 14.6 Å². The number of hydrogen-bond donors (Lipinski definition) is 1. The number of methoxy groups -OCH3 is 1. The summed E-state index contributed by atoms with van der Waals surface area (Å²) in [7, 11) is 1.69. The van der Waals surface area contributed by atoms with E-state index in [2.05, 4.69) is 16.8 Å². The monoisotopic (exact) mass is 249 g/mol. The second-order valence-electron chi connectivity index (χ2n) is 3.73. The first kappa shape index (κ1) is 14.5. The van der Waals surface area contributed by atoms with Gasteiger partial charge in [-0.1, -0.05) is 11.8 Å². The molecule has 0 aromatic carbocycles.